The number of esters is 1. The standard InChI is InChI=1S/C13H20N2O5/c1-5-9-10(12(16)19-7-3)11(18-6-2)14-15(9)13(17)20-8-4/h5-8H2,1-4H3. The van der Waals surface area contributed by atoms with Gasteiger partial charge in [-0.15, -0.1) is 5.10 Å². The summed E-state index contributed by atoms with van der Waals surface area (Å²) in [4.78, 5) is 23.9. The highest BCUT2D eigenvalue weighted by atomic mass is 16.6. The van der Waals surface area contributed by atoms with E-state index in [1.807, 2.05) is 6.92 Å². The summed E-state index contributed by atoms with van der Waals surface area (Å²) < 4.78 is 16.3. The fraction of sp³-hybridized carbons (Fsp3) is 0.615. The van der Waals surface area contributed by atoms with E-state index in [2.05, 4.69) is 5.10 Å². The Kier molecular flexibility index (Phi) is 6.02. The van der Waals surface area contributed by atoms with Crippen molar-refractivity contribution in [3.63, 3.8) is 0 Å². The first kappa shape index (κ1) is 16.0. The summed E-state index contributed by atoms with van der Waals surface area (Å²) in [5.74, 6) is -0.459. The van der Waals surface area contributed by atoms with Gasteiger partial charge in [-0.25, -0.2) is 9.59 Å². The van der Waals surface area contributed by atoms with Gasteiger partial charge in [0.25, 0.3) is 0 Å². The molecule has 0 amide bonds. The van der Waals surface area contributed by atoms with Gasteiger partial charge in [0.2, 0.25) is 5.88 Å². The summed E-state index contributed by atoms with van der Waals surface area (Å²) >= 11 is 0. The predicted octanol–water partition coefficient (Wildman–Crippen LogP) is 2.03. The van der Waals surface area contributed by atoms with Gasteiger partial charge in [-0.1, -0.05) is 6.92 Å². The van der Waals surface area contributed by atoms with E-state index in [1.54, 1.807) is 20.8 Å². The van der Waals surface area contributed by atoms with Gasteiger partial charge in [-0.2, -0.15) is 4.68 Å². The molecule has 112 valence electrons. The summed E-state index contributed by atoms with van der Waals surface area (Å²) in [7, 11) is 0. The van der Waals surface area contributed by atoms with Crippen LogP contribution in [0.3, 0.4) is 0 Å². The number of carbonyl (C=O) groups excluding carboxylic acids is 2. The lowest BCUT2D eigenvalue weighted by Gasteiger charge is -2.06. The minimum atomic E-state index is -0.638. The van der Waals surface area contributed by atoms with E-state index in [4.69, 9.17) is 14.2 Å². The third kappa shape index (κ3) is 3.28. The van der Waals surface area contributed by atoms with Crippen molar-refractivity contribution in [2.75, 3.05) is 19.8 Å². The molecule has 0 fully saturated rings. The number of aromatic nitrogens is 2. The van der Waals surface area contributed by atoms with E-state index in [1.165, 1.54) is 0 Å². The first-order chi connectivity index (χ1) is 9.60. The van der Waals surface area contributed by atoms with Crippen LogP contribution in [-0.2, 0) is 15.9 Å². The lowest BCUT2D eigenvalue weighted by atomic mass is 10.2. The second kappa shape index (κ2) is 7.52. The van der Waals surface area contributed by atoms with Crippen LogP contribution < -0.4 is 4.74 Å². The third-order valence-electron chi connectivity index (χ3n) is 2.49. The van der Waals surface area contributed by atoms with Gasteiger partial charge in [0.05, 0.1) is 25.5 Å². The van der Waals surface area contributed by atoms with Crippen molar-refractivity contribution >= 4 is 12.1 Å². The van der Waals surface area contributed by atoms with E-state index >= 15 is 0 Å². The molecule has 0 aliphatic carbocycles. The van der Waals surface area contributed by atoms with Crippen LogP contribution >= 0.6 is 0 Å². The highest BCUT2D eigenvalue weighted by Crippen LogP contribution is 2.24. The molecule has 0 radical (unpaired) electrons. The Hall–Kier alpha value is -2.05. The van der Waals surface area contributed by atoms with Gasteiger partial charge in [0.1, 0.15) is 5.56 Å². The van der Waals surface area contributed by atoms with Crippen LogP contribution in [0.2, 0.25) is 0 Å². The maximum Gasteiger partial charge on any atom is 0.435 e. The minimum Gasteiger partial charge on any atom is -0.476 e. The zero-order valence-electron chi connectivity index (χ0n) is 12.3. The average Bonchev–Trinajstić information content (AvgIpc) is 2.78. The molecular weight excluding hydrogens is 264 g/mol. The molecule has 1 aromatic heterocycles. The molecule has 7 heteroatoms. The number of ether oxygens (including phenoxy) is 3. The highest BCUT2D eigenvalue weighted by molar-refractivity contribution is 5.94. The molecular formula is C13H20N2O5. The second-order valence-electron chi connectivity index (χ2n) is 3.74. The largest absolute Gasteiger partial charge is 0.476 e. The Bertz CT molecular complexity index is 481. The van der Waals surface area contributed by atoms with Gasteiger partial charge >= 0.3 is 12.1 Å². The Labute approximate surface area is 117 Å². The first-order valence-electron chi connectivity index (χ1n) is 6.69. The number of hydrogen-bond acceptors (Lipinski definition) is 6. The molecule has 0 atom stereocenters. The normalized spacial score (nSPS) is 10.2. The van der Waals surface area contributed by atoms with Crippen LogP contribution in [0.1, 0.15) is 43.7 Å². The van der Waals surface area contributed by atoms with Crippen LogP contribution in [0.15, 0.2) is 0 Å². The van der Waals surface area contributed by atoms with Crippen LogP contribution in [0.4, 0.5) is 4.79 Å². The Morgan fingerprint density at radius 1 is 1.05 bits per heavy atom. The summed E-state index contributed by atoms with van der Waals surface area (Å²) in [6.45, 7) is 7.77. The second-order valence-corrected chi connectivity index (χ2v) is 3.74. The molecule has 0 unspecified atom stereocenters. The molecule has 0 N–H and O–H groups in total. The smallest absolute Gasteiger partial charge is 0.435 e. The van der Waals surface area contributed by atoms with Crippen molar-refractivity contribution in [2.45, 2.75) is 34.1 Å². The van der Waals surface area contributed by atoms with E-state index < -0.39 is 12.1 Å². The molecule has 0 aliphatic heterocycles. The molecule has 20 heavy (non-hydrogen) atoms. The minimum absolute atomic E-state index is 0.0934. The van der Waals surface area contributed by atoms with E-state index in [0.717, 1.165) is 4.68 Å². The molecule has 0 saturated heterocycles. The van der Waals surface area contributed by atoms with Crippen molar-refractivity contribution in [3.8, 4) is 5.88 Å². The summed E-state index contributed by atoms with van der Waals surface area (Å²) in [5, 5.41) is 4.01. The molecule has 0 spiro atoms. The lowest BCUT2D eigenvalue weighted by molar-refractivity contribution is 0.0520. The fourth-order valence-electron chi connectivity index (χ4n) is 1.74. The SMILES string of the molecule is CCOC(=O)c1c(OCC)nn(C(=O)OCC)c1CC. The summed E-state index contributed by atoms with van der Waals surface area (Å²) in [6.07, 6.45) is -0.214. The van der Waals surface area contributed by atoms with Gasteiger partial charge in [-0.3, -0.25) is 0 Å². The van der Waals surface area contributed by atoms with E-state index in [0.29, 0.717) is 18.7 Å². The first-order valence-corrected chi connectivity index (χ1v) is 6.69. The monoisotopic (exact) mass is 284 g/mol. The van der Waals surface area contributed by atoms with Crippen LogP contribution in [0, 0.1) is 0 Å². The third-order valence-corrected chi connectivity index (χ3v) is 2.49. The number of carbonyl (C=O) groups is 2. The molecule has 0 bridgehead atoms. The predicted molar refractivity (Wildman–Crippen MR) is 71.2 cm³/mol. The topological polar surface area (TPSA) is 79.7 Å². The van der Waals surface area contributed by atoms with Gasteiger partial charge in [0, 0.05) is 0 Å². The Balaban J connectivity index is 3.30. The average molecular weight is 284 g/mol. The lowest BCUT2D eigenvalue weighted by Crippen LogP contribution is -2.18. The molecule has 1 heterocycles. The molecule has 0 saturated carbocycles. The van der Waals surface area contributed by atoms with Gasteiger partial charge in [-0.05, 0) is 27.2 Å². The molecule has 0 aromatic carbocycles. The zero-order chi connectivity index (χ0) is 15.1. The van der Waals surface area contributed by atoms with Crippen molar-refractivity contribution in [2.24, 2.45) is 0 Å². The molecule has 7 nitrogen and oxygen atoms in total. The molecule has 1 aromatic rings. The summed E-state index contributed by atoms with van der Waals surface area (Å²) in [5.41, 5.74) is 0.606. The fourth-order valence-corrected chi connectivity index (χ4v) is 1.74. The summed E-state index contributed by atoms with van der Waals surface area (Å²) in [6, 6.07) is 0. The Morgan fingerprint density at radius 3 is 2.20 bits per heavy atom. The number of rotatable bonds is 6. The van der Waals surface area contributed by atoms with Gasteiger partial charge in [0.15, 0.2) is 0 Å². The van der Waals surface area contributed by atoms with Crippen molar-refractivity contribution in [1.82, 2.24) is 9.78 Å². The highest BCUT2D eigenvalue weighted by Gasteiger charge is 2.28. The number of hydrogen-bond donors (Lipinski definition) is 0. The maximum atomic E-state index is 12.0. The van der Waals surface area contributed by atoms with Crippen molar-refractivity contribution in [3.05, 3.63) is 11.3 Å². The van der Waals surface area contributed by atoms with Crippen LogP contribution in [-0.4, -0.2) is 41.7 Å². The maximum absolute atomic E-state index is 12.0. The molecule has 1 rings (SSSR count). The van der Waals surface area contributed by atoms with Gasteiger partial charge < -0.3 is 14.2 Å². The van der Waals surface area contributed by atoms with Crippen LogP contribution in [0.25, 0.3) is 0 Å². The van der Waals surface area contributed by atoms with E-state index in [9.17, 15) is 9.59 Å². The zero-order valence-corrected chi connectivity index (χ0v) is 12.3. The Morgan fingerprint density at radius 2 is 1.70 bits per heavy atom. The van der Waals surface area contributed by atoms with Crippen molar-refractivity contribution < 1.29 is 23.8 Å². The number of nitrogens with zero attached hydrogens (tertiary/aromatic N) is 2. The van der Waals surface area contributed by atoms with E-state index in [-0.39, 0.29) is 24.7 Å². The van der Waals surface area contributed by atoms with Crippen molar-refractivity contribution in [1.29, 1.82) is 0 Å². The quantitative estimate of drug-likeness (QED) is 0.743. The van der Waals surface area contributed by atoms with Crippen LogP contribution in [0.5, 0.6) is 5.88 Å². The molecule has 0 aliphatic rings.